The summed E-state index contributed by atoms with van der Waals surface area (Å²) in [4.78, 5) is 10.7. The Hall–Kier alpha value is -0.330. The first kappa shape index (κ1) is 8.76. The van der Waals surface area contributed by atoms with Crippen LogP contribution in [0.1, 0.15) is 52.4 Å². The molecule has 64 valence electrons. The highest BCUT2D eigenvalue weighted by Gasteiger charge is 2.34. The van der Waals surface area contributed by atoms with Crippen molar-refractivity contribution in [2.75, 3.05) is 0 Å². The Morgan fingerprint density at radius 2 is 2.09 bits per heavy atom. The lowest BCUT2D eigenvalue weighted by molar-refractivity contribution is -0.118. The van der Waals surface area contributed by atoms with Crippen LogP contribution in [-0.2, 0) is 4.79 Å². The highest BCUT2D eigenvalue weighted by atomic mass is 16.1. The van der Waals surface area contributed by atoms with E-state index in [1.807, 2.05) is 0 Å². The molecule has 0 heterocycles. The maximum atomic E-state index is 10.7. The average Bonchev–Trinajstić information content (AvgIpc) is 1.86. The van der Waals surface area contributed by atoms with Crippen molar-refractivity contribution in [3.8, 4) is 0 Å². The molecule has 0 aromatic rings. The predicted octanol–water partition coefficient (Wildman–Crippen LogP) is 2.94. The largest absolute Gasteiger partial charge is 0.300 e. The monoisotopic (exact) mass is 154 g/mol. The summed E-state index contributed by atoms with van der Waals surface area (Å²) in [6, 6.07) is 0. The molecule has 0 radical (unpaired) electrons. The van der Waals surface area contributed by atoms with E-state index in [1.54, 1.807) is 6.92 Å². The minimum absolute atomic E-state index is 0.352. The van der Waals surface area contributed by atoms with Gasteiger partial charge in [0.2, 0.25) is 0 Å². The lowest BCUT2D eigenvalue weighted by Crippen LogP contribution is -2.28. The van der Waals surface area contributed by atoms with Gasteiger partial charge in [-0.2, -0.15) is 0 Å². The van der Waals surface area contributed by atoms with Crippen LogP contribution in [0, 0.1) is 5.41 Å². The van der Waals surface area contributed by atoms with Crippen LogP contribution < -0.4 is 0 Å². The van der Waals surface area contributed by atoms with Crippen molar-refractivity contribution < 1.29 is 4.79 Å². The van der Waals surface area contributed by atoms with Crippen molar-refractivity contribution in [1.29, 1.82) is 0 Å². The van der Waals surface area contributed by atoms with E-state index in [4.69, 9.17) is 0 Å². The van der Waals surface area contributed by atoms with Gasteiger partial charge in [-0.1, -0.05) is 19.8 Å². The molecule has 1 nitrogen and oxygen atoms in total. The fourth-order valence-electron chi connectivity index (χ4n) is 1.90. The first-order chi connectivity index (χ1) is 5.18. The van der Waals surface area contributed by atoms with Crippen molar-refractivity contribution in [2.45, 2.75) is 52.4 Å². The van der Waals surface area contributed by atoms with Crippen molar-refractivity contribution in [3.63, 3.8) is 0 Å². The molecule has 0 atom stereocenters. The Morgan fingerprint density at radius 1 is 1.45 bits per heavy atom. The van der Waals surface area contributed by atoms with E-state index in [0.29, 0.717) is 11.2 Å². The SMILES string of the molecule is CCC1(CCC(C)=O)CCC1. The number of hydrogen-bond donors (Lipinski definition) is 0. The van der Waals surface area contributed by atoms with Crippen LogP contribution in [0.25, 0.3) is 0 Å². The molecule has 1 rings (SSSR count). The Labute approximate surface area is 69.2 Å². The molecule has 11 heavy (non-hydrogen) atoms. The number of carbonyl (C=O) groups is 1. The Kier molecular flexibility index (Phi) is 2.69. The van der Waals surface area contributed by atoms with Crippen LogP contribution >= 0.6 is 0 Å². The molecule has 0 amide bonds. The van der Waals surface area contributed by atoms with Gasteiger partial charge in [0.1, 0.15) is 5.78 Å². The van der Waals surface area contributed by atoms with Crippen molar-refractivity contribution in [3.05, 3.63) is 0 Å². The zero-order valence-corrected chi connectivity index (χ0v) is 7.65. The second-order valence-corrected chi connectivity index (χ2v) is 3.91. The third kappa shape index (κ3) is 2.05. The average molecular weight is 154 g/mol. The fourth-order valence-corrected chi connectivity index (χ4v) is 1.90. The van der Waals surface area contributed by atoms with Gasteiger partial charge in [0, 0.05) is 6.42 Å². The van der Waals surface area contributed by atoms with E-state index in [2.05, 4.69) is 6.92 Å². The van der Waals surface area contributed by atoms with E-state index in [9.17, 15) is 4.79 Å². The van der Waals surface area contributed by atoms with Gasteiger partial charge in [-0.15, -0.1) is 0 Å². The molecule has 1 heteroatoms. The molecule has 0 bridgehead atoms. The Bertz CT molecular complexity index is 139. The molecule has 1 saturated carbocycles. The molecular weight excluding hydrogens is 136 g/mol. The summed E-state index contributed by atoms with van der Waals surface area (Å²) in [5.74, 6) is 0.352. The van der Waals surface area contributed by atoms with E-state index in [0.717, 1.165) is 12.8 Å². The fraction of sp³-hybridized carbons (Fsp3) is 0.900. The molecule has 0 aliphatic heterocycles. The van der Waals surface area contributed by atoms with Gasteiger partial charge in [-0.05, 0) is 31.6 Å². The third-order valence-electron chi connectivity index (χ3n) is 3.17. The first-order valence-corrected chi connectivity index (χ1v) is 4.68. The molecule has 1 fully saturated rings. The summed E-state index contributed by atoms with van der Waals surface area (Å²) < 4.78 is 0. The van der Waals surface area contributed by atoms with Crippen LogP contribution in [0.15, 0.2) is 0 Å². The summed E-state index contributed by atoms with van der Waals surface area (Å²) in [5, 5.41) is 0. The van der Waals surface area contributed by atoms with Crippen LogP contribution in [0.5, 0.6) is 0 Å². The van der Waals surface area contributed by atoms with Gasteiger partial charge >= 0.3 is 0 Å². The van der Waals surface area contributed by atoms with Crippen molar-refractivity contribution in [2.24, 2.45) is 5.41 Å². The maximum Gasteiger partial charge on any atom is 0.129 e. The molecule has 0 unspecified atom stereocenters. The molecule has 0 aromatic carbocycles. The summed E-state index contributed by atoms with van der Waals surface area (Å²) in [5.41, 5.74) is 0.575. The summed E-state index contributed by atoms with van der Waals surface area (Å²) in [7, 11) is 0. The number of ketones is 1. The second-order valence-electron chi connectivity index (χ2n) is 3.91. The van der Waals surface area contributed by atoms with Gasteiger partial charge in [0.15, 0.2) is 0 Å². The standard InChI is InChI=1S/C10H18O/c1-3-10(6-4-7-10)8-5-9(2)11/h3-8H2,1-2H3. The van der Waals surface area contributed by atoms with Gasteiger partial charge < -0.3 is 4.79 Å². The van der Waals surface area contributed by atoms with Gasteiger partial charge in [-0.25, -0.2) is 0 Å². The predicted molar refractivity (Wildman–Crippen MR) is 46.5 cm³/mol. The normalized spacial score (nSPS) is 20.9. The summed E-state index contributed by atoms with van der Waals surface area (Å²) in [6.45, 7) is 3.95. The first-order valence-electron chi connectivity index (χ1n) is 4.68. The summed E-state index contributed by atoms with van der Waals surface area (Å²) >= 11 is 0. The third-order valence-corrected chi connectivity index (χ3v) is 3.17. The van der Waals surface area contributed by atoms with E-state index in [-0.39, 0.29) is 0 Å². The summed E-state index contributed by atoms with van der Waals surface area (Å²) in [6.07, 6.45) is 7.30. The van der Waals surface area contributed by atoms with Crippen LogP contribution in [0.3, 0.4) is 0 Å². The minimum Gasteiger partial charge on any atom is -0.300 e. The Morgan fingerprint density at radius 3 is 2.36 bits per heavy atom. The molecule has 0 N–H and O–H groups in total. The number of hydrogen-bond acceptors (Lipinski definition) is 1. The molecule has 0 spiro atoms. The van der Waals surface area contributed by atoms with Crippen LogP contribution in [0.4, 0.5) is 0 Å². The maximum absolute atomic E-state index is 10.7. The van der Waals surface area contributed by atoms with E-state index >= 15 is 0 Å². The Balaban J connectivity index is 2.27. The second kappa shape index (κ2) is 3.38. The van der Waals surface area contributed by atoms with Gasteiger partial charge in [-0.3, -0.25) is 0 Å². The number of carbonyl (C=O) groups excluding carboxylic acids is 1. The van der Waals surface area contributed by atoms with Crippen molar-refractivity contribution >= 4 is 5.78 Å². The molecular formula is C10H18O. The molecule has 0 aromatic heterocycles. The quantitative estimate of drug-likeness (QED) is 0.608. The zero-order chi connectivity index (χ0) is 8.32. The number of Topliss-reactive ketones (excluding diaryl/α,β-unsaturated/α-hetero) is 1. The van der Waals surface area contributed by atoms with Gasteiger partial charge in [0.25, 0.3) is 0 Å². The van der Waals surface area contributed by atoms with E-state index < -0.39 is 0 Å². The molecule has 1 aliphatic rings. The zero-order valence-electron chi connectivity index (χ0n) is 7.65. The van der Waals surface area contributed by atoms with Crippen LogP contribution in [-0.4, -0.2) is 5.78 Å². The molecule has 1 aliphatic carbocycles. The van der Waals surface area contributed by atoms with Crippen molar-refractivity contribution in [1.82, 2.24) is 0 Å². The minimum atomic E-state index is 0.352. The lowest BCUT2D eigenvalue weighted by Gasteiger charge is -2.41. The molecule has 0 saturated heterocycles. The van der Waals surface area contributed by atoms with Gasteiger partial charge in [0.05, 0.1) is 0 Å². The topological polar surface area (TPSA) is 17.1 Å². The lowest BCUT2D eigenvalue weighted by atomic mass is 9.64. The smallest absolute Gasteiger partial charge is 0.129 e. The highest BCUT2D eigenvalue weighted by Crippen LogP contribution is 2.47. The van der Waals surface area contributed by atoms with E-state index in [1.165, 1.54) is 25.7 Å². The number of rotatable bonds is 4. The highest BCUT2D eigenvalue weighted by molar-refractivity contribution is 5.75. The van der Waals surface area contributed by atoms with Crippen LogP contribution in [0.2, 0.25) is 0 Å².